The summed E-state index contributed by atoms with van der Waals surface area (Å²) in [4.78, 5) is 38.0. The predicted octanol–water partition coefficient (Wildman–Crippen LogP) is 2.24. The number of carbonyl (C=O) groups excluding carboxylic acids is 2. The Morgan fingerprint density at radius 1 is 1.21 bits per heavy atom. The second-order valence-corrected chi connectivity index (χ2v) is 8.46. The molecule has 1 saturated heterocycles. The molecule has 3 atom stereocenters. The van der Waals surface area contributed by atoms with E-state index in [9.17, 15) is 18.8 Å². The monoisotopic (exact) mass is 471 g/mol. The number of halogens is 1. The van der Waals surface area contributed by atoms with E-state index in [0.717, 1.165) is 12.0 Å². The Balaban J connectivity index is 1.50. The second-order valence-electron chi connectivity index (χ2n) is 8.46. The first-order chi connectivity index (χ1) is 16.2. The van der Waals surface area contributed by atoms with E-state index in [-0.39, 0.29) is 37.0 Å². The normalized spacial score (nSPS) is 17.1. The van der Waals surface area contributed by atoms with Gasteiger partial charge < -0.3 is 25.8 Å². The minimum Gasteiger partial charge on any atom is -0.479 e. The van der Waals surface area contributed by atoms with Crippen molar-refractivity contribution in [3.8, 4) is 5.75 Å². The van der Waals surface area contributed by atoms with E-state index in [1.54, 1.807) is 47.4 Å². The number of carbonyl (C=O) groups is 3. The largest absolute Gasteiger partial charge is 0.479 e. The van der Waals surface area contributed by atoms with Gasteiger partial charge in [0.05, 0.1) is 0 Å². The van der Waals surface area contributed by atoms with Crippen molar-refractivity contribution in [3.05, 3.63) is 65.5 Å². The number of carboxylic acid groups (broad SMARTS) is 1. The number of benzene rings is 2. The van der Waals surface area contributed by atoms with Gasteiger partial charge in [-0.2, -0.15) is 0 Å². The quantitative estimate of drug-likeness (QED) is 0.489. The minimum absolute atomic E-state index is 0.0361. The van der Waals surface area contributed by atoms with Crippen molar-refractivity contribution in [1.82, 2.24) is 10.2 Å². The number of amides is 2. The summed E-state index contributed by atoms with van der Waals surface area (Å²) in [7, 11) is 0. The van der Waals surface area contributed by atoms with Crippen LogP contribution in [-0.2, 0) is 27.3 Å². The molecule has 34 heavy (non-hydrogen) atoms. The Morgan fingerprint density at radius 2 is 1.91 bits per heavy atom. The van der Waals surface area contributed by atoms with Gasteiger partial charge in [0.1, 0.15) is 17.6 Å². The molecule has 0 radical (unpaired) electrons. The molecular formula is C25H30FN3O5. The molecule has 2 aromatic carbocycles. The highest BCUT2D eigenvalue weighted by molar-refractivity contribution is 5.88. The number of aliphatic carboxylic acids is 1. The number of nitrogens with two attached hydrogens (primary N) is 1. The Bertz CT molecular complexity index is 1010. The van der Waals surface area contributed by atoms with Crippen LogP contribution in [0.2, 0.25) is 0 Å². The van der Waals surface area contributed by atoms with Crippen molar-refractivity contribution in [2.45, 2.75) is 57.3 Å². The molecule has 4 N–H and O–H groups in total. The number of hydrogen-bond donors (Lipinski definition) is 3. The molecule has 9 heteroatoms. The van der Waals surface area contributed by atoms with Gasteiger partial charge in [0, 0.05) is 25.6 Å². The van der Waals surface area contributed by atoms with E-state index >= 15 is 0 Å². The van der Waals surface area contributed by atoms with Crippen molar-refractivity contribution in [2.75, 3.05) is 6.54 Å². The molecule has 0 spiro atoms. The van der Waals surface area contributed by atoms with Crippen molar-refractivity contribution in [2.24, 2.45) is 5.73 Å². The lowest BCUT2D eigenvalue weighted by Crippen LogP contribution is -2.47. The van der Waals surface area contributed by atoms with E-state index in [1.165, 1.54) is 13.0 Å². The molecule has 1 heterocycles. The van der Waals surface area contributed by atoms with E-state index in [1.807, 2.05) is 0 Å². The van der Waals surface area contributed by atoms with Crippen molar-refractivity contribution >= 4 is 17.8 Å². The first-order valence-electron chi connectivity index (χ1n) is 11.3. The SMILES string of the molecule is C[C@@H](Oc1ccc(CNC(=O)[C@@H]2CCCN2C(=O)CC(N)Cc2ccccc2F)cc1)C(=O)O. The number of carboxylic acids is 1. The molecule has 0 bridgehead atoms. The number of rotatable bonds is 10. The maximum absolute atomic E-state index is 13.9. The third-order valence-corrected chi connectivity index (χ3v) is 5.80. The van der Waals surface area contributed by atoms with Gasteiger partial charge in [0.25, 0.3) is 0 Å². The summed E-state index contributed by atoms with van der Waals surface area (Å²) in [5, 5.41) is 11.8. The lowest BCUT2D eigenvalue weighted by Gasteiger charge is -2.25. The summed E-state index contributed by atoms with van der Waals surface area (Å²) in [6, 6.07) is 12.0. The van der Waals surface area contributed by atoms with Crippen LogP contribution in [0.5, 0.6) is 5.75 Å². The van der Waals surface area contributed by atoms with Crippen molar-refractivity contribution < 1.29 is 28.6 Å². The number of hydrogen-bond acceptors (Lipinski definition) is 5. The van der Waals surface area contributed by atoms with Crippen LogP contribution in [0.3, 0.4) is 0 Å². The first kappa shape index (κ1) is 25.2. The van der Waals surface area contributed by atoms with Gasteiger partial charge in [-0.3, -0.25) is 9.59 Å². The predicted molar refractivity (Wildman–Crippen MR) is 123 cm³/mol. The third-order valence-electron chi connectivity index (χ3n) is 5.80. The van der Waals surface area contributed by atoms with Gasteiger partial charge in [-0.25, -0.2) is 9.18 Å². The van der Waals surface area contributed by atoms with Crippen LogP contribution in [0.4, 0.5) is 4.39 Å². The highest BCUT2D eigenvalue weighted by Gasteiger charge is 2.34. The van der Waals surface area contributed by atoms with E-state index in [2.05, 4.69) is 5.32 Å². The zero-order valence-electron chi connectivity index (χ0n) is 19.1. The summed E-state index contributed by atoms with van der Waals surface area (Å²) in [6.45, 7) is 2.19. The third kappa shape index (κ3) is 6.77. The van der Waals surface area contributed by atoms with Gasteiger partial charge in [0.2, 0.25) is 11.8 Å². The molecule has 2 aromatic rings. The molecule has 182 valence electrons. The number of ether oxygens (including phenoxy) is 1. The fourth-order valence-electron chi connectivity index (χ4n) is 3.95. The summed E-state index contributed by atoms with van der Waals surface area (Å²) < 4.78 is 19.1. The summed E-state index contributed by atoms with van der Waals surface area (Å²) in [6.07, 6.45) is 0.610. The van der Waals surface area contributed by atoms with Gasteiger partial charge >= 0.3 is 5.97 Å². The average Bonchev–Trinajstić information content (AvgIpc) is 3.30. The highest BCUT2D eigenvalue weighted by Crippen LogP contribution is 2.20. The fourth-order valence-corrected chi connectivity index (χ4v) is 3.95. The Hall–Kier alpha value is -3.46. The van der Waals surface area contributed by atoms with Crippen LogP contribution in [0.15, 0.2) is 48.5 Å². The first-order valence-corrected chi connectivity index (χ1v) is 11.3. The second kappa shape index (κ2) is 11.6. The van der Waals surface area contributed by atoms with E-state index < -0.39 is 24.2 Å². The summed E-state index contributed by atoms with van der Waals surface area (Å²) in [5.74, 6) is -1.44. The number of nitrogens with zero attached hydrogens (tertiary/aromatic N) is 1. The fraction of sp³-hybridized carbons (Fsp3) is 0.400. The topological polar surface area (TPSA) is 122 Å². The highest BCUT2D eigenvalue weighted by atomic mass is 19.1. The molecule has 8 nitrogen and oxygen atoms in total. The number of likely N-dealkylation sites (tertiary alicyclic amines) is 1. The summed E-state index contributed by atoms with van der Waals surface area (Å²) >= 11 is 0. The van der Waals surface area contributed by atoms with Crippen LogP contribution in [0, 0.1) is 5.82 Å². The summed E-state index contributed by atoms with van der Waals surface area (Å²) in [5.41, 5.74) is 7.38. The van der Waals surface area contributed by atoms with Gasteiger partial charge in [-0.15, -0.1) is 0 Å². The van der Waals surface area contributed by atoms with Crippen LogP contribution >= 0.6 is 0 Å². The lowest BCUT2D eigenvalue weighted by atomic mass is 10.0. The molecule has 0 aliphatic carbocycles. The van der Waals surface area contributed by atoms with Crippen molar-refractivity contribution in [3.63, 3.8) is 0 Å². The van der Waals surface area contributed by atoms with Gasteiger partial charge in [-0.05, 0) is 55.5 Å². The van der Waals surface area contributed by atoms with Gasteiger partial charge in [-0.1, -0.05) is 30.3 Å². The zero-order chi connectivity index (χ0) is 24.7. The van der Waals surface area contributed by atoms with Crippen LogP contribution in [-0.4, -0.2) is 52.5 Å². The zero-order valence-corrected chi connectivity index (χ0v) is 19.1. The molecule has 2 amide bonds. The van der Waals surface area contributed by atoms with Crippen molar-refractivity contribution in [1.29, 1.82) is 0 Å². The Kier molecular flexibility index (Phi) is 8.59. The standard InChI is InChI=1S/C25H30FN3O5/c1-16(25(32)33)34-20-10-8-17(9-11-20)15-28-24(31)22-7-4-12-29(22)23(30)14-19(27)13-18-5-2-3-6-21(18)26/h2-3,5-6,8-11,16,19,22H,4,7,12-15,27H2,1H3,(H,28,31)(H,32,33)/t16-,19?,22+/m1/s1. The number of nitrogens with one attached hydrogen (secondary N) is 1. The molecule has 1 fully saturated rings. The molecule has 0 saturated carbocycles. The minimum atomic E-state index is -1.06. The molecule has 1 aliphatic heterocycles. The van der Waals surface area contributed by atoms with Crippen LogP contribution < -0.4 is 15.8 Å². The molecular weight excluding hydrogens is 441 g/mol. The molecule has 3 rings (SSSR count). The average molecular weight is 472 g/mol. The van der Waals surface area contributed by atoms with Crippen LogP contribution in [0.25, 0.3) is 0 Å². The Morgan fingerprint density at radius 3 is 2.59 bits per heavy atom. The van der Waals surface area contributed by atoms with E-state index in [0.29, 0.717) is 24.3 Å². The molecule has 0 aromatic heterocycles. The lowest BCUT2D eigenvalue weighted by molar-refractivity contribution is -0.144. The molecule has 1 aliphatic rings. The molecule has 1 unspecified atom stereocenters. The van der Waals surface area contributed by atoms with E-state index in [4.69, 9.17) is 15.6 Å². The smallest absolute Gasteiger partial charge is 0.344 e. The maximum Gasteiger partial charge on any atom is 0.344 e. The Labute approximate surface area is 197 Å². The van der Waals surface area contributed by atoms with Gasteiger partial charge in [0.15, 0.2) is 6.10 Å². The van der Waals surface area contributed by atoms with Crippen LogP contribution in [0.1, 0.15) is 37.3 Å². The maximum atomic E-state index is 13.9.